The number of amides is 1. The fraction of sp³-hybridized carbons (Fsp3) is 0. The lowest BCUT2D eigenvalue weighted by Crippen LogP contribution is -2.16. The quantitative estimate of drug-likeness (QED) is 0.340. The van der Waals surface area contributed by atoms with E-state index in [1.807, 2.05) is 109 Å². The summed E-state index contributed by atoms with van der Waals surface area (Å²) in [6, 6.07) is 34.9. The first-order valence-electron chi connectivity index (χ1n) is 10.7. The zero-order valence-electron chi connectivity index (χ0n) is 17.6. The number of rotatable bonds is 4. The molecule has 0 aliphatic heterocycles. The van der Waals surface area contributed by atoms with Gasteiger partial charge in [-0.25, -0.2) is 4.68 Å². The van der Waals surface area contributed by atoms with Gasteiger partial charge in [-0.2, -0.15) is 5.10 Å². The average Bonchev–Trinajstić information content (AvgIpc) is 3.47. The molecule has 0 saturated heterocycles. The number of nitrogens with zero attached hydrogens (tertiary/aromatic N) is 2. The first kappa shape index (κ1) is 19.1. The van der Waals surface area contributed by atoms with Gasteiger partial charge in [0.05, 0.1) is 11.4 Å². The van der Waals surface area contributed by atoms with E-state index in [4.69, 9.17) is 9.52 Å². The van der Waals surface area contributed by atoms with E-state index in [2.05, 4.69) is 5.32 Å². The van der Waals surface area contributed by atoms with Crippen molar-refractivity contribution in [3.8, 4) is 16.9 Å². The molecule has 5 nitrogen and oxygen atoms in total. The van der Waals surface area contributed by atoms with Crippen molar-refractivity contribution in [2.75, 3.05) is 5.32 Å². The molecular weight excluding hydrogens is 410 g/mol. The number of hydrogen-bond acceptors (Lipinski definition) is 3. The molecule has 1 N–H and O–H groups in total. The fourth-order valence-corrected chi connectivity index (χ4v) is 4.06. The van der Waals surface area contributed by atoms with Crippen molar-refractivity contribution < 1.29 is 9.21 Å². The predicted octanol–water partition coefficient (Wildman–Crippen LogP) is 6.69. The molecule has 33 heavy (non-hydrogen) atoms. The Morgan fingerprint density at radius 1 is 0.727 bits per heavy atom. The van der Waals surface area contributed by atoms with Crippen LogP contribution < -0.4 is 5.32 Å². The SMILES string of the molecule is O=C(Nc1ccc2oc3ccccc3c2c1)c1cc(-c2ccccc2)nn1-c1ccccc1. The maximum atomic E-state index is 13.4. The van der Waals surface area contributed by atoms with Crippen LogP contribution in [0.25, 0.3) is 38.9 Å². The van der Waals surface area contributed by atoms with Crippen LogP contribution in [-0.2, 0) is 0 Å². The Morgan fingerprint density at radius 2 is 1.42 bits per heavy atom. The highest BCUT2D eigenvalue weighted by Crippen LogP contribution is 2.31. The first-order chi connectivity index (χ1) is 16.3. The molecule has 2 aromatic heterocycles. The smallest absolute Gasteiger partial charge is 0.274 e. The van der Waals surface area contributed by atoms with Crippen molar-refractivity contribution in [3.05, 3.63) is 115 Å². The van der Waals surface area contributed by atoms with Gasteiger partial charge in [0.1, 0.15) is 16.9 Å². The van der Waals surface area contributed by atoms with E-state index in [1.165, 1.54) is 0 Å². The largest absolute Gasteiger partial charge is 0.456 e. The van der Waals surface area contributed by atoms with Gasteiger partial charge in [-0.15, -0.1) is 0 Å². The highest BCUT2D eigenvalue weighted by Gasteiger charge is 2.18. The van der Waals surface area contributed by atoms with E-state index >= 15 is 0 Å². The van der Waals surface area contributed by atoms with E-state index in [1.54, 1.807) is 4.68 Å². The van der Waals surface area contributed by atoms with Crippen LogP contribution in [0.3, 0.4) is 0 Å². The van der Waals surface area contributed by atoms with Crippen LogP contribution in [0.4, 0.5) is 5.69 Å². The summed E-state index contributed by atoms with van der Waals surface area (Å²) >= 11 is 0. The summed E-state index contributed by atoms with van der Waals surface area (Å²) < 4.78 is 7.58. The fourth-order valence-electron chi connectivity index (χ4n) is 4.06. The van der Waals surface area contributed by atoms with Crippen molar-refractivity contribution in [2.45, 2.75) is 0 Å². The van der Waals surface area contributed by atoms with Gasteiger partial charge in [-0.05, 0) is 42.5 Å². The lowest BCUT2D eigenvalue weighted by Gasteiger charge is -2.08. The minimum atomic E-state index is -0.235. The second-order valence-corrected chi connectivity index (χ2v) is 7.79. The third-order valence-corrected chi connectivity index (χ3v) is 5.65. The van der Waals surface area contributed by atoms with Crippen molar-refractivity contribution >= 4 is 33.5 Å². The van der Waals surface area contributed by atoms with E-state index in [0.29, 0.717) is 11.4 Å². The number of nitrogens with one attached hydrogen (secondary N) is 1. The molecule has 0 aliphatic carbocycles. The predicted molar refractivity (Wildman–Crippen MR) is 131 cm³/mol. The molecule has 4 aromatic carbocycles. The first-order valence-corrected chi connectivity index (χ1v) is 10.7. The highest BCUT2D eigenvalue weighted by atomic mass is 16.3. The Labute approximate surface area is 189 Å². The molecule has 0 fully saturated rings. The second kappa shape index (κ2) is 7.80. The maximum absolute atomic E-state index is 13.4. The molecule has 2 heterocycles. The minimum absolute atomic E-state index is 0.235. The third-order valence-electron chi connectivity index (χ3n) is 5.65. The van der Waals surface area contributed by atoms with Gasteiger partial charge < -0.3 is 9.73 Å². The molecule has 5 heteroatoms. The van der Waals surface area contributed by atoms with Gasteiger partial charge in [0.2, 0.25) is 0 Å². The molecule has 158 valence electrons. The minimum Gasteiger partial charge on any atom is -0.456 e. The van der Waals surface area contributed by atoms with E-state index in [9.17, 15) is 4.79 Å². The number of carbonyl (C=O) groups excluding carboxylic acids is 1. The average molecular weight is 429 g/mol. The Bertz CT molecular complexity index is 1600. The lowest BCUT2D eigenvalue weighted by molar-refractivity contribution is 0.101. The van der Waals surface area contributed by atoms with Crippen molar-refractivity contribution in [1.29, 1.82) is 0 Å². The summed E-state index contributed by atoms with van der Waals surface area (Å²) in [5.74, 6) is -0.235. The van der Waals surface area contributed by atoms with Crippen LogP contribution in [0.1, 0.15) is 10.5 Å². The lowest BCUT2D eigenvalue weighted by atomic mass is 10.1. The third kappa shape index (κ3) is 3.46. The van der Waals surface area contributed by atoms with Crippen molar-refractivity contribution in [3.63, 3.8) is 0 Å². The molecule has 0 atom stereocenters. The molecular formula is C28H19N3O2. The Balaban J connectivity index is 1.40. The summed E-state index contributed by atoms with van der Waals surface area (Å²) in [4.78, 5) is 13.4. The summed E-state index contributed by atoms with van der Waals surface area (Å²) in [7, 11) is 0. The maximum Gasteiger partial charge on any atom is 0.274 e. The summed E-state index contributed by atoms with van der Waals surface area (Å²) in [5.41, 5.74) is 5.27. The van der Waals surface area contributed by atoms with Gasteiger partial charge in [0.15, 0.2) is 0 Å². The molecule has 0 aliphatic rings. The molecule has 0 spiro atoms. The van der Waals surface area contributed by atoms with Crippen LogP contribution in [0, 0.1) is 0 Å². The van der Waals surface area contributed by atoms with Gasteiger partial charge in [-0.3, -0.25) is 4.79 Å². The van der Waals surface area contributed by atoms with Crippen LogP contribution in [0.2, 0.25) is 0 Å². The van der Waals surface area contributed by atoms with E-state index < -0.39 is 0 Å². The molecule has 0 unspecified atom stereocenters. The highest BCUT2D eigenvalue weighted by molar-refractivity contribution is 6.09. The molecule has 1 amide bonds. The normalized spacial score (nSPS) is 11.2. The zero-order valence-corrected chi connectivity index (χ0v) is 17.6. The molecule has 0 radical (unpaired) electrons. The van der Waals surface area contributed by atoms with Crippen LogP contribution >= 0.6 is 0 Å². The van der Waals surface area contributed by atoms with E-state index in [0.717, 1.165) is 38.9 Å². The van der Waals surface area contributed by atoms with Crippen LogP contribution in [-0.4, -0.2) is 15.7 Å². The van der Waals surface area contributed by atoms with Crippen LogP contribution in [0.5, 0.6) is 0 Å². The Hall–Kier alpha value is -4.64. The number of hydrogen-bond donors (Lipinski definition) is 1. The monoisotopic (exact) mass is 429 g/mol. The Kier molecular flexibility index (Phi) is 4.51. The van der Waals surface area contributed by atoms with Crippen molar-refractivity contribution in [2.24, 2.45) is 0 Å². The van der Waals surface area contributed by atoms with Crippen molar-refractivity contribution in [1.82, 2.24) is 9.78 Å². The number of aromatic nitrogens is 2. The summed E-state index contributed by atoms with van der Waals surface area (Å²) in [6.45, 7) is 0. The number of carbonyl (C=O) groups is 1. The summed E-state index contributed by atoms with van der Waals surface area (Å²) in [6.07, 6.45) is 0. The second-order valence-electron chi connectivity index (χ2n) is 7.79. The van der Waals surface area contributed by atoms with E-state index in [-0.39, 0.29) is 5.91 Å². The number of anilines is 1. The number of furan rings is 1. The number of para-hydroxylation sites is 2. The number of benzene rings is 4. The molecule has 6 aromatic rings. The van der Waals surface area contributed by atoms with Crippen LogP contribution in [0.15, 0.2) is 114 Å². The topological polar surface area (TPSA) is 60.1 Å². The molecule has 6 rings (SSSR count). The zero-order chi connectivity index (χ0) is 22.2. The standard InChI is InChI=1S/C28H19N3O2/c32-28(29-20-15-16-27-23(17-20)22-13-7-8-14-26(22)33-27)25-18-24(19-9-3-1-4-10-19)30-31(25)21-11-5-2-6-12-21/h1-18H,(H,29,32). The van der Waals surface area contributed by atoms with Gasteiger partial charge in [0, 0.05) is 22.0 Å². The van der Waals surface area contributed by atoms with Gasteiger partial charge in [0.25, 0.3) is 5.91 Å². The van der Waals surface area contributed by atoms with Gasteiger partial charge >= 0.3 is 0 Å². The number of fused-ring (bicyclic) bond motifs is 3. The molecule has 0 bridgehead atoms. The van der Waals surface area contributed by atoms with Gasteiger partial charge in [-0.1, -0.05) is 66.7 Å². The Morgan fingerprint density at radius 3 is 2.24 bits per heavy atom. The summed E-state index contributed by atoms with van der Waals surface area (Å²) in [5, 5.41) is 9.76. The molecule has 0 saturated carbocycles.